The van der Waals surface area contributed by atoms with Crippen molar-refractivity contribution in [3.05, 3.63) is 53.6 Å². The summed E-state index contributed by atoms with van der Waals surface area (Å²) >= 11 is 0. The molecule has 1 aromatic carbocycles. The maximum absolute atomic E-state index is 12.0. The Morgan fingerprint density at radius 2 is 2.00 bits per heavy atom. The Bertz CT molecular complexity index is 511. The fourth-order valence-electron chi connectivity index (χ4n) is 1.78. The average molecular weight is 228 g/mol. The van der Waals surface area contributed by atoms with Crippen LogP contribution in [0.3, 0.4) is 0 Å². The van der Waals surface area contributed by atoms with E-state index in [-0.39, 0.29) is 5.78 Å². The minimum absolute atomic E-state index is 0.123. The molecule has 3 nitrogen and oxygen atoms in total. The largest absolute Gasteiger partial charge is 0.327 e. The number of aryl methyl sites for hydroxylation is 2. The summed E-state index contributed by atoms with van der Waals surface area (Å²) in [6.07, 6.45) is 4.43. The van der Waals surface area contributed by atoms with Crippen LogP contribution in [0, 0.1) is 6.92 Å². The lowest BCUT2D eigenvalue weighted by Gasteiger charge is -2.05. The third kappa shape index (κ3) is 2.61. The van der Waals surface area contributed by atoms with Crippen LogP contribution in [0.15, 0.2) is 36.7 Å². The lowest BCUT2D eigenvalue weighted by Crippen LogP contribution is -2.12. The number of aromatic nitrogens is 2. The number of carbonyl (C=O) groups excluding carboxylic acids is 1. The number of benzene rings is 1. The smallest absolute Gasteiger partial charge is 0.182 e. The number of nitrogens with zero attached hydrogens (tertiary/aromatic N) is 2. The van der Waals surface area contributed by atoms with Crippen LogP contribution in [0.5, 0.6) is 0 Å². The Balaban J connectivity index is 2.14. The van der Waals surface area contributed by atoms with Crippen LogP contribution in [0.1, 0.15) is 28.7 Å². The highest BCUT2D eigenvalue weighted by Gasteiger charge is 2.08. The van der Waals surface area contributed by atoms with Crippen LogP contribution >= 0.6 is 0 Å². The first-order valence-electron chi connectivity index (χ1n) is 5.80. The number of hydrogen-bond acceptors (Lipinski definition) is 2. The van der Waals surface area contributed by atoms with E-state index < -0.39 is 0 Å². The first-order chi connectivity index (χ1) is 8.20. The van der Waals surface area contributed by atoms with Gasteiger partial charge in [-0.25, -0.2) is 4.98 Å². The van der Waals surface area contributed by atoms with E-state index in [0.29, 0.717) is 6.54 Å². The predicted octanol–water partition coefficient (Wildman–Crippen LogP) is 2.64. The summed E-state index contributed by atoms with van der Waals surface area (Å²) in [6.45, 7) is 4.42. The average Bonchev–Trinajstić information content (AvgIpc) is 2.77. The van der Waals surface area contributed by atoms with Crippen molar-refractivity contribution in [3.8, 4) is 0 Å². The van der Waals surface area contributed by atoms with Gasteiger partial charge in [0, 0.05) is 24.4 Å². The van der Waals surface area contributed by atoms with Gasteiger partial charge < -0.3 is 4.57 Å². The van der Waals surface area contributed by atoms with Crippen molar-refractivity contribution < 1.29 is 4.79 Å². The van der Waals surface area contributed by atoms with Gasteiger partial charge in [0.25, 0.3) is 0 Å². The Kier molecular flexibility index (Phi) is 3.38. The van der Waals surface area contributed by atoms with Crippen LogP contribution in [-0.2, 0) is 13.0 Å². The van der Waals surface area contributed by atoms with Gasteiger partial charge in [-0.3, -0.25) is 4.79 Å². The molecule has 2 aromatic rings. The number of imidazole rings is 1. The standard InChI is InChI=1S/C14H16N2O/c1-3-14-15-8-9-16(14)10-13(17)12-6-4-11(2)5-7-12/h4-9H,3,10H2,1-2H3. The Hall–Kier alpha value is -1.90. The third-order valence-electron chi connectivity index (χ3n) is 2.81. The zero-order valence-corrected chi connectivity index (χ0v) is 10.2. The van der Waals surface area contributed by atoms with E-state index in [1.165, 1.54) is 5.56 Å². The molecule has 0 radical (unpaired) electrons. The summed E-state index contributed by atoms with van der Waals surface area (Å²) in [7, 11) is 0. The molecular weight excluding hydrogens is 212 g/mol. The number of Topliss-reactive ketones (excluding diaryl/α,β-unsaturated/α-hetero) is 1. The molecule has 0 spiro atoms. The number of carbonyl (C=O) groups is 1. The summed E-state index contributed by atoms with van der Waals surface area (Å²) in [4.78, 5) is 16.2. The zero-order chi connectivity index (χ0) is 12.3. The fourth-order valence-corrected chi connectivity index (χ4v) is 1.78. The van der Waals surface area contributed by atoms with Gasteiger partial charge in [0.2, 0.25) is 0 Å². The van der Waals surface area contributed by atoms with Crippen molar-refractivity contribution in [2.24, 2.45) is 0 Å². The van der Waals surface area contributed by atoms with Crippen LogP contribution in [0.2, 0.25) is 0 Å². The van der Waals surface area contributed by atoms with E-state index in [2.05, 4.69) is 4.98 Å². The molecule has 0 aliphatic rings. The SMILES string of the molecule is CCc1nccn1CC(=O)c1ccc(C)cc1. The molecule has 17 heavy (non-hydrogen) atoms. The highest BCUT2D eigenvalue weighted by atomic mass is 16.1. The van der Waals surface area contributed by atoms with Crippen molar-refractivity contribution in [1.82, 2.24) is 9.55 Å². The topological polar surface area (TPSA) is 34.9 Å². The molecule has 0 aliphatic carbocycles. The third-order valence-corrected chi connectivity index (χ3v) is 2.81. The van der Waals surface area contributed by atoms with Gasteiger partial charge in [-0.2, -0.15) is 0 Å². The molecule has 0 fully saturated rings. The molecular formula is C14H16N2O. The quantitative estimate of drug-likeness (QED) is 0.754. The second-order valence-corrected chi connectivity index (χ2v) is 4.11. The van der Waals surface area contributed by atoms with Gasteiger partial charge in [0.1, 0.15) is 5.82 Å². The first kappa shape index (κ1) is 11.6. The number of ketones is 1. The molecule has 0 bridgehead atoms. The molecule has 0 saturated heterocycles. The van der Waals surface area contributed by atoms with Crippen LogP contribution in [0.4, 0.5) is 0 Å². The minimum atomic E-state index is 0.123. The van der Waals surface area contributed by atoms with E-state index in [9.17, 15) is 4.79 Å². The van der Waals surface area contributed by atoms with Crippen molar-refractivity contribution in [1.29, 1.82) is 0 Å². The van der Waals surface area contributed by atoms with E-state index in [1.54, 1.807) is 6.20 Å². The van der Waals surface area contributed by atoms with Crippen LogP contribution < -0.4 is 0 Å². The normalized spacial score (nSPS) is 10.5. The molecule has 1 heterocycles. The van der Waals surface area contributed by atoms with Gasteiger partial charge >= 0.3 is 0 Å². The second-order valence-electron chi connectivity index (χ2n) is 4.11. The molecule has 2 rings (SSSR count). The van der Waals surface area contributed by atoms with E-state index in [4.69, 9.17) is 0 Å². The van der Waals surface area contributed by atoms with Gasteiger partial charge in [0.15, 0.2) is 5.78 Å². The molecule has 0 saturated carbocycles. The monoisotopic (exact) mass is 228 g/mol. The van der Waals surface area contributed by atoms with E-state index in [1.807, 2.05) is 48.9 Å². The maximum atomic E-state index is 12.0. The molecule has 3 heteroatoms. The molecule has 1 aromatic heterocycles. The zero-order valence-electron chi connectivity index (χ0n) is 10.2. The highest BCUT2D eigenvalue weighted by Crippen LogP contribution is 2.07. The summed E-state index contributed by atoms with van der Waals surface area (Å²) in [6, 6.07) is 7.67. The summed E-state index contributed by atoms with van der Waals surface area (Å²) in [5.74, 6) is 1.07. The number of hydrogen-bond donors (Lipinski definition) is 0. The van der Waals surface area contributed by atoms with Gasteiger partial charge in [-0.1, -0.05) is 36.8 Å². The molecule has 0 N–H and O–H groups in total. The van der Waals surface area contributed by atoms with Crippen molar-refractivity contribution in [3.63, 3.8) is 0 Å². The number of rotatable bonds is 4. The van der Waals surface area contributed by atoms with Gasteiger partial charge in [-0.05, 0) is 6.92 Å². The molecule has 0 amide bonds. The predicted molar refractivity (Wildman–Crippen MR) is 67.1 cm³/mol. The van der Waals surface area contributed by atoms with E-state index in [0.717, 1.165) is 17.8 Å². The van der Waals surface area contributed by atoms with Crippen molar-refractivity contribution >= 4 is 5.78 Å². The Labute approximate surface area is 101 Å². The molecule has 88 valence electrons. The van der Waals surface area contributed by atoms with Gasteiger partial charge in [0.05, 0.1) is 6.54 Å². The summed E-state index contributed by atoms with van der Waals surface area (Å²) < 4.78 is 1.90. The maximum Gasteiger partial charge on any atom is 0.182 e. The van der Waals surface area contributed by atoms with Gasteiger partial charge in [-0.15, -0.1) is 0 Å². The Morgan fingerprint density at radius 3 is 2.65 bits per heavy atom. The van der Waals surface area contributed by atoms with E-state index >= 15 is 0 Å². The molecule has 0 unspecified atom stereocenters. The van der Waals surface area contributed by atoms with Crippen LogP contribution in [-0.4, -0.2) is 15.3 Å². The van der Waals surface area contributed by atoms with Crippen molar-refractivity contribution in [2.45, 2.75) is 26.8 Å². The molecule has 0 aliphatic heterocycles. The van der Waals surface area contributed by atoms with Crippen molar-refractivity contribution in [2.75, 3.05) is 0 Å². The Morgan fingerprint density at radius 1 is 1.29 bits per heavy atom. The fraction of sp³-hybridized carbons (Fsp3) is 0.286. The second kappa shape index (κ2) is 4.95. The summed E-state index contributed by atoms with van der Waals surface area (Å²) in [5.41, 5.74) is 1.92. The molecule has 0 atom stereocenters. The lowest BCUT2D eigenvalue weighted by molar-refractivity contribution is 0.0971. The minimum Gasteiger partial charge on any atom is -0.327 e. The highest BCUT2D eigenvalue weighted by molar-refractivity contribution is 5.95. The first-order valence-corrected chi connectivity index (χ1v) is 5.80. The lowest BCUT2D eigenvalue weighted by atomic mass is 10.1. The van der Waals surface area contributed by atoms with Crippen LogP contribution in [0.25, 0.3) is 0 Å². The summed E-state index contributed by atoms with van der Waals surface area (Å²) in [5, 5.41) is 0.